The number of carbonyl (C=O) groups is 1. The smallest absolute Gasteiger partial charge is 0.359 e. The van der Waals surface area contributed by atoms with Gasteiger partial charge in [0.2, 0.25) is 5.89 Å². The molecular formula is C23H18FN3O3. The van der Waals surface area contributed by atoms with Crippen molar-refractivity contribution < 1.29 is 18.3 Å². The first-order valence-electron chi connectivity index (χ1n) is 9.73. The summed E-state index contributed by atoms with van der Waals surface area (Å²) in [5.74, 6) is -0.342. The number of hydrogen-bond donors (Lipinski definition) is 0. The second kappa shape index (κ2) is 7.59. The fourth-order valence-electron chi connectivity index (χ4n) is 3.69. The van der Waals surface area contributed by atoms with Gasteiger partial charge in [0.15, 0.2) is 5.69 Å². The normalized spacial score (nSPS) is 12.7. The summed E-state index contributed by atoms with van der Waals surface area (Å²) in [6.45, 7) is -0.00660. The Hall–Kier alpha value is -3.74. The molecule has 1 aliphatic carbocycles. The van der Waals surface area contributed by atoms with Gasteiger partial charge in [-0.05, 0) is 55.7 Å². The van der Waals surface area contributed by atoms with Gasteiger partial charge in [0, 0.05) is 16.8 Å². The van der Waals surface area contributed by atoms with Crippen molar-refractivity contribution in [1.29, 1.82) is 0 Å². The molecule has 0 fully saturated rings. The predicted octanol–water partition coefficient (Wildman–Crippen LogP) is 4.51. The van der Waals surface area contributed by atoms with Crippen LogP contribution >= 0.6 is 0 Å². The SMILES string of the molecule is O=C(OCc1coc(-c2ccccc2)n1)c1nn(-c2ccc(F)cc2)c2c1CCC2. The highest BCUT2D eigenvalue weighted by Crippen LogP contribution is 2.28. The minimum Gasteiger partial charge on any atom is -0.454 e. The molecule has 2 aromatic heterocycles. The van der Waals surface area contributed by atoms with Crippen molar-refractivity contribution in [2.75, 3.05) is 0 Å². The van der Waals surface area contributed by atoms with E-state index in [1.54, 1.807) is 16.8 Å². The van der Waals surface area contributed by atoms with Crippen LogP contribution in [0, 0.1) is 5.82 Å². The summed E-state index contributed by atoms with van der Waals surface area (Å²) in [5.41, 5.74) is 4.27. The number of hydrogen-bond acceptors (Lipinski definition) is 5. The summed E-state index contributed by atoms with van der Waals surface area (Å²) in [4.78, 5) is 17.1. The van der Waals surface area contributed by atoms with E-state index >= 15 is 0 Å². The van der Waals surface area contributed by atoms with Crippen molar-refractivity contribution >= 4 is 5.97 Å². The highest BCUT2D eigenvalue weighted by atomic mass is 19.1. The van der Waals surface area contributed by atoms with E-state index in [0.717, 1.165) is 41.8 Å². The van der Waals surface area contributed by atoms with E-state index in [1.807, 2.05) is 30.3 Å². The number of oxazole rings is 1. The number of carbonyl (C=O) groups excluding carboxylic acids is 1. The number of fused-ring (bicyclic) bond motifs is 1. The third kappa shape index (κ3) is 3.39. The summed E-state index contributed by atoms with van der Waals surface area (Å²) in [7, 11) is 0. The second-order valence-electron chi connectivity index (χ2n) is 7.10. The summed E-state index contributed by atoms with van der Waals surface area (Å²) in [5, 5.41) is 4.47. The van der Waals surface area contributed by atoms with E-state index in [9.17, 15) is 9.18 Å². The van der Waals surface area contributed by atoms with Crippen molar-refractivity contribution in [3.63, 3.8) is 0 Å². The number of rotatable bonds is 5. The topological polar surface area (TPSA) is 70.2 Å². The predicted molar refractivity (Wildman–Crippen MR) is 107 cm³/mol. The lowest BCUT2D eigenvalue weighted by Gasteiger charge is -2.05. The molecule has 0 radical (unpaired) electrons. The van der Waals surface area contributed by atoms with Crippen LogP contribution < -0.4 is 0 Å². The van der Waals surface area contributed by atoms with Crippen LogP contribution in [-0.4, -0.2) is 20.7 Å². The van der Waals surface area contributed by atoms with E-state index in [4.69, 9.17) is 9.15 Å². The Balaban J connectivity index is 1.34. The Kier molecular flexibility index (Phi) is 4.63. The summed E-state index contributed by atoms with van der Waals surface area (Å²) in [6, 6.07) is 15.6. The van der Waals surface area contributed by atoms with Crippen LogP contribution in [0.4, 0.5) is 4.39 Å². The maximum absolute atomic E-state index is 13.3. The van der Waals surface area contributed by atoms with E-state index in [1.165, 1.54) is 18.4 Å². The molecule has 6 nitrogen and oxygen atoms in total. The number of ether oxygens (including phenoxy) is 1. The first-order valence-corrected chi connectivity index (χ1v) is 9.73. The van der Waals surface area contributed by atoms with E-state index in [-0.39, 0.29) is 12.4 Å². The Morgan fingerprint density at radius 3 is 2.70 bits per heavy atom. The van der Waals surface area contributed by atoms with E-state index in [0.29, 0.717) is 17.3 Å². The van der Waals surface area contributed by atoms with E-state index < -0.39 is 5.97 Å². The zero-order chi connectivity index (χ0) is 20.5. The van der Waals surface area contributed by atoms with Gasteiger partial charge in [-0.25, -0.2) is 18.9 Å². The maximum Gasteiger partial charge on any atom is 0.359 e. The van der Waals surface area contributed by atoms with Gasteiger partial charge in [-0.3, -0.25) is 0 Å². The summed E-state index contributed by atoms with van der Waals surface area (Å²) in [6.07, 6.45) is 4.01. The molecule has 2 aromatic carbocycles. The van der Waals surface area contributed by atoms with Crippen LogP contribution in [0.2, 0.25) is 0 Å². The second-order valence-corrected chi connectivity index (χ2v) is 7.10. The molecule has 0 unspecified atom stereocenters. The maximum atomic E-state index is 13.3. The number of benzene rings is 2. The molecule has 0 saturated heterocycles. The van der Waals surface area contributed by atoms with Crippen LogP contribution in [0.5, 0.6) is 0 Å². The van der Waals surface area contributed by atoms with Crippen LogP contribution in [0.25, 0.3) is 17.1 Å². The molecular weight excluding hydrogens is 385 g/mol. The molecule has 1 aliphatic rings. The van der Waals surface area contributed by atoms with Gasteiger partial charge < -0.3 is 9.15 Å². The lowest BCUT2D eigenvalue weighted by atomic mass is 10.2. The highest BCUT2D eigenvalue weighted by Gasteiger charge is 2.28. The third-order valence-electron chi connectivity index (χ3n) is 5.12. The van der Waals surface area contributed by atoms with Gasteiger partial charge in [-0.1, -0.05) is 18.2 Å². The Morgan fingerprint density at radius 1 is 1.10 bits per heavy atom. The van der Waals surface area contributed by atoms with Crippen LogP contribution in [0.15, 0.2) is 65.3 Å². The monoisotopic (exact) mass is 403 g/mol. The molecule has 2 heterocycles. The van der Waals surface area contributed by atoms with Gasteiger partial charge in [-0.15, -0.1) is 0 Å². The number of nitrogens with zero attached hydrogens (tertiary/aromatic N) is 3. The Bertz CT molecular complexity index is 1200. The largest absolute Gasteiger partial charge is 0.454 e. The minimum atomic E-state index is -0.502. The van der Waals surface area contributed by atoms with Crippen molar-refractivity contribution in [3.8, 4) is 17.1 Å². The molecule has 0 saturated carbocycles. The molecule has 0 atom stereocenters. The van der Waals surface area contributed by atoms with E-state index in [2.05, 4.69) is 10.1 Å². The van der Waals surface area contributed by atoms with Crippen LogP contribution in [-0.2, 0) is 24.2 Å². The molecule has 0 aliphatic heterocycles. The first kappa shape index (κ1) is 18.3. The van der Waals surface area contributed by atoms with Crippen molar-refractivity contribution in [1.82, 2.24) is 14.8 Å². The fourth-order valence-corrected chi connectivity index (χ4v) is 3.69. The molecule has 0 N–H and O–H groups in total. The Labute approximate surface area is 171 Å². The zero-order valence-electron chi connectivity index (χ0n) is 16.0. The van der Waals surface area contributed by atoms with Gasteiger partial charge in [0.05, 0.1) is 5.69 Å². The molecule has 30 heavy (non-hydrogen) atoms. The summed E-state index contributed by atoms with van der Waals surface area (Å²) < 4.78 is 25.9. The average molecular weight is 403 g/mol. The number of halogens is 1. The lowest BCUT2D eigenvalue weighted by Crippen LogP contribution is -2.09. The zero-order valence-corrected chi connectivity index (χ0v) is 16.0. The van der Waals surface area contributed by atoms with Gasteiger partial charge in [0.1, 0.15) is 24.4 Å². The van der Waals surface area contributed by atoms with Crippen molar-refractivity contribution in [3.05, 3.63) is 89.3 Å². The molecule has 7 heteroatoms. The quantitative estimate of drug-likeness (QED) is 0.459. The first-order chi connectivity index (χ1) is 14.7. The van der Waals surface area contributed by atoms with Crippen molar-refractivity contribution in [2.24, 2.45) is 0 Å². The van der Waals surface area contributed by atoms with Crippen LogP contribution in [0.3, 0.4) is 0 Å². The summed E-state index contributed by atoms with van der Waals surface area (Å²) >= 11 is 0. The van der Waals surface area contributed by atoms with Gasteiger partial charge in [-0.2, -0.15) is 5.10 Å². The average Bonchev–Trinajstić information content (AvgIpc) is 3.50. The van der Waals surface area contributed by atoms with Gasteiger partial charge >= 0.3 is 5.97 Å². The molecule has 0 bridgehead atoms. The minimum absolute atomic E-state index is 0.00660. The van der Waals surface area contributed by atoms with Crippen molar-refractivity contribution in [2.45, 2.75) is 25.9 Å². The number of esters is 1. The Morgan fingerprint density at radius 2 is 1.90 bits per heavy atom. The molecule has 4 aromatic rings. The molecule has 0 amide bonds. The third-order valence-corrected chi connectivity index (χ3v) is 5.12. The fraction of sp³-hybridized carbons (Fsp3) is 0.174. The van der Waals surface area contributed by atoms with Gasteiger partial charge in [0.25, 0.3) is 0 Å². The number of aromatic nitrogens is 3. The van der Waals surface area contributed by atoms with Crippen LogP contribution in [0.1, 0.15) is 33.9 Å². The molecule has 0 spiro atoms. The lowest BCUT2D eigenvalue weighted by molar-refractivity contribution is 0.0459. The highest BCUT2D eigenvalue weighted by molar-refractivity contribution is 5.89. The molecule has 5 rings (SSSR count). The standard InChI is InChI=1S/C23H18FN3O3/c24-16-9-11-18(12-10-16)27-20-8-4-7-19(20)21(26-27)23(28)30-14-17-13-29-22(25-17)15-5-2-1-3-6-15/h1-3,5-6,9-13H,4,7-8,14H2. The molecule has 150 valence electrons.